The van der Waals surface area contributed by atoms with Gasteiger partial charge in [-0.15, -0.1) is 0 Å². The van der Waals surface area contributed by atoms with Crippen molar-refractivity contribution in [2.75, 3.05) is 11.9 Å². The fourth-order valence-corrected chi connectivity index (χ4v) is 2.10. The number of carbonyl (C=O) groups excluding carboxylic acids is 1. The lowest BCUT2D eigenvalue weighted by atomic mass is 10.1. The smallest absolute Gasteiger partial charge is 0.335 e. The number of halogens is 1. The van der Waals surface area contributed by atoms with E-state index in [1.807, 2.05) is 0 Å². The topological polar surface area (TPSA) is 92.4 Å². The lowest BCUT2D eigenvalue weighted by molar-refractivity contribution is -0.116. The maximum Gasteiger partial charge on any atom is 0.335 e. The number of benzene rings is 1. The fraction of sp³-hybridized carbons (Fsp3) is 0.429. The average molecular weight is 343 g/mol. The van der Waals surface area contributed by atoms with Gasteiger partial charge in [-0.3, -0.25) is 4.79 Å². The third-order valence-electron chi connectivity index (χ3n) is 2.85. The van der Waals surface area contributed by atoms with Crippen molar-refractivity contribution >= 4 is 33.5 Å². The van der Waals surface area contributed by atoms with Crippen molar-refractivity contribution in [3.63, 3.8) is 0 Å². The Labute approximate surface area is 126 Å². The van der Waals surface area contributed by atoms with E-state index in [9.17, 15) is 9.59 Å². The number of carboxylic acid groups (broad SMARTS) is 1. The molecule has 0 unspecified atom stereocenters. The summed E-state index contributed by atoms with van der Waals surface area (Å²) in [5, 5.41) is 11.6. The second kappa shape index (κ2) is 8.71. The summed E-state index contributed by atoms with van der Waals surface area (Å²) in [6.07, 6.45) is 4.22. The van der Waals surface area contributed by atoms with Crippen molar-refractivity contribution in [1.29, 1.82) is 0 Å². The van der Waals surface area contributed by atoms with Gasteiger partial charge in [0.25, 0.3) is 0 Å². The number of carboxylic acids is 1. The van der Waals surface area contributed by atoms with Crippen molar-refractivity contribution < 1.29 is 14.7 Å². The Morgan fingerprint density at radius 2 is 1.90 bits per heavy atom. The van der Waals surface area contributed by atoms with Crippen LogP contribution < -0.4 is 11.1 Å². The van der Waals surface area contributed by atoms with Crippen LogP contribution in [0, 0.1) is 0 Å². The van der Waals surface area contributed by atoms with Crippen molar-refractivity contribution in [1.82, 2.24) is 0 Å². The number of rotatable bonds is 8. The van der Waals surface area contributed by atoms with Gasteiger partial charge in [-0.25, -0.2) is 4.79 Å². The van der Waals surface area contributed by atoms with Crippen LogP contribution in [0.4, 0.5) is 5.69 Å². The number of anilines is 1. The SMILES string of the molecule is NCCCCCCC(=O)Nc1cc(C(=O)O)ccc1Br. The molecule has 0 saturated heterocycles. The first-order valence-electron chi connectivity index (χ1n) is 6.57. The highest BCUT2D eigenvalue weighted by atomic mass is 79.9. The molecule has 1 aromatic rings. The number of nitrogens with one attached hydrogen (secondary N) is 1. The van der Waals surface area contributed by atoms with Gasteiger partial charge in [-0.1, -0.05) is 12.8 Å². The molecule has 6 heteroatoms. The van der Waals surface area contributed by atoms with Gasteiger partial charge in [0.15, 0.2) is 0 Å². The molecule has 0 radical (unpaired) electrons. The summed E-state index contributed by atoms with van der Waals surface area (Å²) in [7, 11) is 0. The summed E-state index contributed by atoms with van der Waals surface area (Å²) < 4.78 is 0.666. The molecule has 0 bridgehead atoms. The zero-order valence-corrected chi connectivity index (χ0v) is 12.8. The van der Waals surface area contributed by atoms with E-state index in [2.05, 4.69) is 21.2 Å². The average Bonchev–Trinajstić information content (AvgIpc) is 2.40. The molecule has 0 aliphatic heterocycles. The third-order valence-corrected chi connectivity index (χ3v) is 3.54. The summed E-state index contributed by atoms with van der Waals surface area (Å²) >= 11 is 3.29. The van der Waals surface area contributed by atoms with Gasteiger partial charge in [0.05, 0.1) is 11.3 Å². The van der Waals surface area contributed by atoms with Gasteiger partial charge in [-0.2, -0.15) is 0 Å². The Morgan fingerprint density at radius 3 is 2.55 bits per heavy atom. The quantitative estimate of drug-likeness (QED) is 0.633. The molecule has 1 rings (SSSR count). The van der Waals surface area contributed by atoms with E-state index in [0.717, 1.165) is 25.7 Å². The minimum absolute atomic E-state index is 0.110. The predicted octanol–water partition coefficient (Wildman–Crippen LogP) is 3.00. The highest BCUT2D eigenvalue weighted by Gasteiger charge is 2.09. The second-order valence-electron chi connectivity index (χ2n) is 4.50. The molecule has 5 nitrogen and oxygen atoms in total. The molecule has 0 aliphatic carbocycles. The number of amides is 1. The standard InChI is InChI=1S/C14H19BrN2O3/c15-11-7-6-10(14(19)20)9-12(11)17-13(18)5-3-1-2-4-8-16/h6-7,9H,1-5,8,16H2,(H,17,18)(H,19,20). The Morgan fingerprint density at radius 1 is 1.20 bits per heavy atom. The molecular weight excluding hydrogens is 324 g/mol. The third kappa shape index (κ3) is 5.71. The first kappa shape index (κ1) is 16.7. The molecule has 0 saturated carbocycles. The van der Waals surface area contributed by atoms with E-state index in [0.29, 0.717) is 23.1 Å². The lowest BCUT2D eigenvalue weighted by Crippen LogP contribution is -2.12. The highest BCUT2D eigenvalue weighted by molar-refractivity contribution is 9.10. The van der Waals surface area contributed by atoms with Crippen molar-refractivity contribution in [2.45, 2.75) is 32.1 Å². The highest BCUT2D eigenvalue weighted by Crippen LogP contribution is 2.24. The van der Waals surface area contributed by atoms with Crippen molar-refractivity contribution in [3.05, 3.63) is 28.2 Å². The summed E-state index contributed by atoms with van der Waals surface area (Å²) in [5.74, 6) is -1.13. The normalized spacial score (nSPS) is 10.3. The zero-order valence-electron chi connectivity index (χ0n) is 11.2. The van der Waals surface area contributed by atoms with Crippen LogP contribution in [0.15, 0.2) is 22.7 Å². The van der Waals surface area contributed by atoms with Crippen LogP contribution in [0.3, 0.4) is 0 Å². The molecule has 0 aliphatic rings. The number of hydrogen-bond donors (Lipinski definition) is 3. The molecule has 110 valence electrons. The van der Waals surface area contributed by atoms with Crippen molar-refractivity contribution in [2.24, 2.45) is 5.73 Å². The Balaban J connectivity index is 2.49. The van der Waals surface area contributed by atoms with Gasteiger partial charge in [-0.05, 0) is 53.5 Å². The van der Waals surface area contributed by atoms with Crippen LogP contribution >= 0.6 is 15.9 Å². The molecule has 0 fully saturated rings. The predicted molar refractivity (Wildman–Crippen MR) is 81.9 cm³/mol. The van der Waals surface area contributed by atoms with Crippen LogP contribution in [-0.4, -0.2) is 23.5 Å². The minimum Gasteiger partial charge on any atom is -0.478 e. The second-order valence-corrected chi connectivity index (χ2v) is 5.36. The van der Waals surface area contributed by atoms with E-state index in [1.165, 1.54) is 12.1 Å². The van der Waals surface area contributed by atoms with Crippen LogP contribution in [0.2, 0.25) is 0 Å². The van der Waals surface area contributed by atoms with E-state index >= 15 is 0 Å². The molecule has 0 aromatic heterocycles. The molecule has 1 aromatic carbocycles. The fourth-order valence-electron chi connectivity index (χ4n) is 1.75. The molecule has 20 heavy (non-hydrogen) atoms. The van der Waals surface area contributed by atoms with E-state index < -0.39 is 5.97 Å². The number of carbonyl (C=O) groups is 2. The first-order valence-corrected chi connectivity index (χ1v) is 7.36. The summed E-state index contributed by atoms with van der Waals surface area (Å²) in [5.41, 5.74) is 6.02. The summed E-state index contributed by atoms with van der Waals surface area (Å²) in [4.78, 5) is 22.7. The van der Waals surface area contributed by atoms with Crippen LogP contribution in [0.1, 0.15) is 42.5 Å². The number of nitrogens with two attached hydrogens (primary N) is 1. The van der Waals surface area contributed by atoms with Crippen LogP contribution in [-0.2, 0) is 4.79 Å². The molecule has 0 heterocycles. The zero-order chi connectivity index (χ0) is 15.0. The van der Waals surface area contributed by atoms with E-state index in [4.69, 9.17) is 10.8 Å². The van der Waals surface area contributed by atoms with Gasteiger partial charge < -0.3 is 16.2 Å². The molecule has 0 atom stereocenters. The first-order chi connectivity index (χ1) is 9.54. The van der Waals surface area contributed by atoms with Gasteiger partial charge in [0.2, 0.25) is 5.91 Å². The summed E-state index contributed by atoms with van der Waals surface area (Å²) in [6, 6.07) is 4.54. The Kier molecular flexibility index (Phi) is 7.25. The van der Waals surface area contributed by atoms with Crippen LogP contribution in [0.5, 0.6) is 0 Å². The number of unbranched alkanes of at least 4 members (excludes halogenated alkanes) is 3. The molecular formula is C14H19BrN2O3. The number of hydrogen-bond acceptors (Lipinski definition) is 3. The van der Waals surface area contributed by atoms with E-state index in [-0.39, 0.29) is 11.5 Å². The minimum atomic E-state index is -1.02. The summed E-state index contributed by atoms with van der Waals surface area (Å²) in [6.45, 7) is 0.682. The largest absolute Gasteiger partial charge is 0.478 e. The lowest BCUT2D eigenvalue weighted by Gasteiger charge is -2.08. The monoisotopic (exact) mass is 342 g/mol. The maximum absolute atomic E-state index is 11.8. The van der Waals surface area contributed by atoms with Crippen molar-refractivity contribution in [3.8, 4) is 0 Å². The van der Waals surface area contributed by atoms with Gasteiger partial charge in [0, 0.05) is 10.9 Å². The Bertz CT molecular complexity index is 477. The Hall–Kier alpha value is -1.40. The molecule has 4 N–H and O–H groups in total. The number of aromatic carboxylic acids is 1. The molecule has 0 spiro atoms. The van der Waals surface area contributed by atoms with Gasteiger partial charge >= 0.3 is 5.97 Å². The van der Waals surface area contributed by atoms with Gasteiger partial charge in [0.1, 0.15) is 0 Å². The van der Waals surface area contributed by atoms with Crippen LogP contribution in [0.25, 0.3) is 0 Å². The van der Waals surface area contributed by atoms with E-state index in [1.54, 1.807) is 6.07 Å². The maximum atomic E-state index is 11.8. The molecule has 1 amide bonds.